The van der Waals surface area contributed by atoms with E-state index in [9.17, 15) is 4.79 Å². The lowest BCUT2D eigenvalue weighted by molar-refractivity contribution is 0.0958. The number of hydrogen-bond donors (Lipinski definition) is 0. The third-order valence-corrected chi connectivity index (χ3v) is 6.72. The maximum atomic E-state index is 13.5. The van der Waals surface area contributed by atoms with E-state index in [1.807, 2.05) is 47.4 Å². The summed E-state index contributed by atoms with van der Waals surface area (Å²) < 4.78 is 1.05. The highest BCUT2D eigenvalue weighted by atomic mass is 35.5. The molecule has 1 amide bonds. The van der Waals surface area contributed by atoms with Crippen LogP contribution in [0.25, 0.3) is 10.1 Å². The fraction of sp³-hybridized carbons (Fsp3) is 0.286. The van der Waals surface area contributed by atoms with Crippen LogP contribution < -0.4 is 4.90 Å². The Morgan fingerprint density at radius 3 is 2.60 bits per heavy atom. The molecule has 4 heteroatoms. The average Bonchev–Trinajstić information content (AvgIpc) is 2.91. The number of rotatable bonds is 1. The van der Waals surface area contributed by atoms with Crippen LogP contribution in [0.3, 0.4) is 0 Å². The van der Waals surface area contributed by atoms with Crippen molar-refractivity contribution >= 4 is 44.6 Å². The fourth-order valence-corrected chi connectivity index (χ4v) is 5.46. The van der Waals surface area contributed by atoms with Gasteiger partial charge in [0, 0.05) is 21.3 Å². The minimum Gasteiger partial charge on any atom is -0.302 e. The molecular formula is C21H20ClNOS. The van der Waals surface area contributed by atoms with Gasteiger partial charge in [0.05, 0.1) is 5.02 Å². The number of nitrogens with zero attached hydrogens (tertiary/aromatic N) is 1. The predicted octanol–water partition coefficient (Wildman–Crippen LogP) is 6.49. The van der Waals surface area contributed by atoms with E-state index in [4.69, 9.17) is 11.6 Å². The van der Waals surface area contributed by atoms with Crippen molar-refractivity contribution in [1.29, 1.82) is 0 Å². The molecule has 1 atom stereocenters. The lowest BCUT2D eigenvalue weighted by atomic mass is 9.80. The van der Waals surface area contributed by atoms with Crippen LogP contribution in [0, 0.1) is 0 Å². The van der Waals surface area contributed by atoms with Crippen molar-refractivity contribution in [3.8, 4) is 0 Å². The Morgan fingerprint density at radius 2 is 1.84 bits per heavy atom. The van der Waals surface area contributed by atoms with E-state index in [1.54, 1.807) is 0 Å². The highest BCUT2D eigenvalue weighted by molar-refractivity contribution is 7.21. The zero-order valence-corrected chi connectivity index (χ0v) is 16.1. The average molecular weight is 370 g/mol. The smallest absolute Gasteiger partial charge is 0.270 e. The van der Waals surface area contributed by atoms with Crippen LogP contribution in [0.15, 0.2) is 48.5 Å². The third-order valence-electron chi connectivity index (χ3n) is 5.05. The Hall–Kier alpha value is -1.84. The molecule has 3 aromatic rings. The van der Waals surface area contributed by atoms with Crippen LogP contribution in [0.1, 0.15) is 48.3 Å². The second kappa shape index (κ2) is 5.86. The van der Waals surface area contributed by atoms with Crippen molar-refractivity contribution in [2.45, 2.75) is 38.6 Å². The van der Waals surface area contributed by atoms with E-state index in [-0.39, 0.29) is 11.4 Å². The van der Waals surface area contributed by atoms with Gasteiger partial charge in [-0.2, -0.15) is 0 Å². The molecule has 0 spiro atoms. The van der Waals surface area contributed by atoms with Gasteiger partial charge in [-0.05, 0) is 43.9 Å². The minimum atomic E-state index is -0.260. The molecule has 4 rings (SSSR count). The lowest BCUT2D eigenvalue weighted by Crippen LogP contribution is -2.51. The van der Waals surface area contributed by atoms with Gasteiger partial charge in [-0.3, -0.25) is 4.79 Å². The van der Waals surface area contributed by atoms with E-state index >= 15 is 0 Å². The van der Waals surface area contributed by atoms with Crippen LogP contribution in [-0.2, 0) is 0 Å². The Kier molecular flexibility index (Phi) is 3.89. The van der Waals surface area contributed by atoms with Crippen molar-refractivity contribution in [3.63, 3.8) is 0 Å². The summed E-state index contributed by atoms with van der Waals surface area (Å²) in [5.74, 6) is 0.420. The van der Waals surface area contributed by atoms with E-state index in [2.05, 4.69) is 26.8 Å². The molecule has 0 fully saturated rings. The molecule has 128 valence electrons. The number of halogens is 1. The second-order valence-electron chi connectivity index (χ2n) is 7.36. The molecular weight excluding hydrogens is 350 g/mol. The van der Waals surface area contributed by atoms with Crippen molar-refractivity contribution in [2.24, 2.45) is 0 Å². The Labute approximate surface area is 157 Å². The summed E-state index contributed by atoms with van der Waals surface area (Å²) in [7, 11) is 0. The number of amides is 1. The third kappa shape index (κ3) is 2.57. The van der Waals surface area contributed by atoms with Gasteiger partial charge in [-0.1, -0.05) is 54.9 Å². The number of anilines is 1. The van der Waals surface area contributed by atoms with Gasteiger partial charge in [0.1, 0.15) is 4.88 Å². The Balaban J connectivity index is 1.88. The summed E-state index contributed by atoms with van der Waals surface area (Å²) in [6.45, 7) is 6.51. The van der Waals surface area contributed by atoms with Crippen molar-refractivity contribution in [1.82, 2.24) is 0 Å². The summed E-state index contributed by atoms with van der Waals surface area (Å²) in [4.78, 5) is 16.1. The summed E-state index contributed by atoms with van der Waals surface area (Å²) in [6, 6.07) is 16.1. The number of fused-ring (bicyclic) bond motifs is 2. The first-order valence-corrected chi connectivity index (χ1v) is 9.70. The van der Waals surface area contributed by atoms with Gasteiger partial charge in [-0.25, -0.2) is 0 Å². The molecule has 0 aliphatic carbocycles. The minimum absolute atomic E-state index is 0.00412. The SMILES string of the molecule is C[C@@H]1CC(C)(C)N(C(=O)c2sc3ccccc3c2Cl)c2ccccc21. The van der Waals surface area contributed by atoms with Crippen LogP contribution >= 0.6 is 22.9 Å². The van der Waals surface area contributed by atoms with E-state index < -0.39 is 0 Å². The zero-order valence-electron chi connectivity index (χ0n) is 14.5. The molecule has 0 N–H and O–H groups in total. The van der Waals surface area contributed by atoms with E-state index in [0.717, 1.165) is 22.2 Å². The Bertz CT molecular complexity index is 975. The number of carbonyl (C=O) groups excluding carboxylic acids is 1. The quantitative estimate of drug-likeness (QED) is 0.480. The van der Waals surface area contributed by atoms with Crippen molar-refractivity contribution < 1.29 is 4.79 Å². The maximum absolute atomic E-state index is 13.5. The molecule has 0 unspecified atom stereocenters. The molecule has 0 radical (unpaired) electrons. The predicted molar refractivity (Wildman–Crippen MR) is 107 cm³/mol. The second-order valence-corrected chi connectivity index (χ2v) is 8.79. The number of para-hydroxylation sites is 1. The first-order valence-electron chi connectivity index (χ1n) is 8.50. The molecule has 25 heavy (non-hydrogen) atoms. The summed E-state index contributed by atoms with van der Waals surface area (Å²) in [6.07, 6.45) is 0.929. The monoisotopic (exact) mass is 369 g/mol. The molecule has 1 aliphatic rings. The van der Waals surface area contributed by atoms with Gasteiger partial charge in [0.25, 0.3) is 5.91 Å². The largest absolute Gasteiger partial charge is 0.302 e. The van der Waals surface area contributed by atoms with Crippen molar-refractivity contribution in [3.05, 3.63) is 64.0 Å². The highest BCUT2D eigenvalue weighted by Gasteiger charge is 2.41. The first-order chi connectivity index (χ1) is 11.9. The van der Waals surface area contributed by atoms with E-state index in [0.29, 0.717) is 15.8 Å². The number of thiophene rings is 1. The van der Waals surface area contributed by atoms with Crippen LogP contribution in [0.2, 0.25) is 5.02 Å². The number of carbonyl (C=O) groups is 1. The van der Waals surface area contributed by atoms with Crippen LogP contribution in [0.4, 0.5) is 5.69 Å². The summed E-state index contributed by atoms with van der Waals surface area (Å²) >= 11 is 8.06. The lowest BCUT2D eigenvalue weighted by Gasteiger charge is -2.45. The maximum Gasteiger partial charge on any atom is 0.270 e. The van der Waals surface area contributed by atoms with Gasteiger partial charge in [0.15, 0.2) is 0 Å². The topological polar surface area (TPSA) is 20.3 Å². The molecule has 2 heterocycles. The number of benzene rings is 2. The molecule has 1 aliphatic heterocycles. The molecule has 1 aromatic heterocycles. The van der Waals surface area contributed by atoms with Crippen molar-refractivity contribution in [2.75, 3.05) is 4.90 Å². The number of hydrogen-bond acceptors (Lipinski definition) is 2. The van der Waals surface area contributed by atoms with Gasteiger partial charge in [-0.15, -0.1) is 11.3 Å². The van der Waals surface area contributed by atoms with Crippen LogP contribution in [-0.4, -0.2) is 11.4 Å². The molecule has 0 bridgehead atoms. The molecule has 0 saturated heterocycles. The van der Waals surface area contributed by atoms with Gasteiger partial charge < -0.3 is 4.90 Å². The molecule has 2 nitrogen and oxygen atoms in total. The standard InChI is InChI=1S/C21H20ClNOS/c1-13-12-21(2,3)23(16-10-6-4-8-14(13)16)20(24)19-18(22)15-9-5-7-11-17(15)25-19/h4-11,13H,12H2,1-3H3/t13-/m1/s1. The summed E-state index contributed by atoms with van der Waals surface area (Å²) in [5, 5.41) is 1.52. The molecule has 0 saturated carbocycles. The Morgan fingerprint density at radius 1 is 1.16 bits per heavy atom. The van der Waals surface area contributed by atoms with Gasteiger partial charge in [0.2, 0.25) is 0 Å². The highest BCUT2D eigenvalue weighted by Crippen LogP contribution is 2.45. The van der Waals surface area contributed by atoms with Gasteiger partial charge >= 0.3 is 0 Å². The molecule has 2 aromatic carbocycles. The first kappa shape index (κ1) is 16.6. The fourth-order valence-electron chi connectivity index (χ4n) is 4.02. The zero-order chi connectivity index (χ0) is 17.8. The van der Waals surface area contributed by atoms with E-state index in [1.165, 1.54) is 16.9 Å². The van der Waals surface area contributed by atoms with Crippen LogP contribution in [0.5, 0.6) is 0 Å². The normalized spacial score (nSPS) is 19.0. The summed E-state index contributed by atoms with van der Waals surface area (Å²) in [5.41, 5.74) is 1.97.